The summed E-state index contributed by atoms with van der Waals surface area (Å²) >= 11 is 0. The van der Waals surface area contributed by atoms with Crippen molar-refractivity contribution >= 4 is 12.0 Å². The van der Waals surface area contributed by atoms with E-state index in [0.717, 1.165) is 49.0 Å². The summed E-state index contributed by atoms with van der Waals surface area (Å²) in [4.78, 5) is 10.6. The fraction of sp³-hybridized carbons (Fsp3) is 0.400. The number of aryl methyl sites for hydroxylation is 1. The van der Waals surface area contributed by atoms with Gasteiger partial charge in [0.05, 0.1) is 13.2 Å². The van der Waals surface area contributed by atoms with Gasteiger partial charge in [0.15, 0.2) is 0 Å². The molecule has 2 rings (SSSR count). The third kappa shape index (κ3) is 3.83. The van der Waals surface area contributed by atoms with Gasteiger partial charge in [-0.05, 0) is 18.6 Å². The van der Waals surface area contributed by atoms with E-state index in [1.165, 1.54) is 0 Å². The predicted octanol–water partition coefficient (Wildman–Crippen LogP) is 2.65. The lowest BCUT2D eigenvalue weighted by atomic mass is 10.1. The molecule has 0 aliphatic carbocycles. The molecule has 4 nitrogen and oxygen atoms in total. The van der Waals surface area contributed by atoms with Crippen molar-refractivity contribution in [3.63, 3.8) is 0 Å². The highest BCUT2D eigenvalue weighted by molar-refractivity contribution is 5.86. The number of carboxylic acids is 1. The molecule has 1 heterocycles. The first-order valence-corrected chi connectivity index (χ1v) is 6.42. The zero-order valence-electron chi connectivity index (χ0n) is 11.0. The van der Waals surface area contributed by atoms with Gasteiger partial charge in [0, 0.05) is 24.5 Å². The summed E-state index contributed by atoms with van der Waals surface area (Å²) in [5, 5.41) is 8.71. The predicted molar refractivity (Wildman–Crippen MR) is 72.3 cm³/mol. The van der Waals surface area contributed by atoms with Crippen LogP contribution in [0.3, 0.4) is 0 Å². The minimum atomic E-state index is -0.960. The molecule has 0 amide bonds. The van der Waals surface area contributed by atoms with Crippen molar-refractivity contribution in [3.8, 4) is 5.75 Å². The van der Waals surface area contributed by atoms with Crippen molar-refractivity contribution in [3.05, 3.63) is 35.4 Å². The maximum atomic E-state index is 10.6. The van der Waals surface area contributed by atoms with Crippen LogP contribution in [0.5, 0.6) is 5.75 Å². The van der Waals surface area contributed by atoms with E-state index in [4.69, 9.17) is 14.6 Å². The Labute approximate surface area is 112 Å². The molecule has 1 aromatic rings. The zero-order chi connectivity index (χ0) is 13.7. The first kappa shape index (κ1) is 13.6. The van der Waals surface area contributed by atoms with Crippen LogP contribution in [0.25, 0.3) is 6.08 Å². The van der Waals surface area contributed by atoms with Gasteiger partial charge < -0.3 is 14.6 Å². The second-order valence-corrected chi connectivity index (χ2v) is 4.59. The second kappa shape index (κ2) is 6.38. The van der Waals surface area contributed by atoms with Crippen LogP contribution in [-0.2, 0) is 9.53 Å². The summed E-state index contributed by atoms with van der Waals surface area (Å²) in [5.74, 6) is -0.189. The van der Waals surface area contributed by atoms with E-state index in [9.17, 15) is 4.79 Å². The van der Waals surface area contributed by atoms with Crippen molar-refractivity contribution in [1.82, 2.24) is 0 Å². The van der Waals surface area contributed by atoms with E-state index >= 15 is 0 Å². The van der Waals surface area contributed by atoms with Gasteiger partial charge in [-0.1, -0.05) is 18.2 Å². The second-order valence-electron chi connectivity index (χ2n) is 4.59. The summed E-state index contributed by atoms with van der Waals surface area (Å²) in [6.07, 6.45) is 4.59. The van der Waals surface area contributed by atoms with Crippen LogP contribution in [0.2, 0.25) is 0 Å². The Morgan fingerprint density at radius 2 is 2.16 bits per heavy atom. The molecule has 0 aromatic heterocycles. The van der Waals surface area contributed by atoms with Crippen molar-refractivity contribution in [1.29, 1.82) is 0 Å². The molecular weight excluding hydrogens is 244 g/mol. The van der Waals surface area contributed by atoms with Gasteiger partial charge in [-0.3, -0.25) is 0 Å². The average molecular weight is 262 g/mol. The Hall–Kier alpha value is -1.81. The third-order valence-corrected chi connectivity index (χ3v) is 3.10. The molecule has 0 radical (unpaired) electrons. The minimum absolute atomic E-state index is 0.145. The molecule has 0 spiro atoms. The monoisotopic (exact) mass is 262 g/mol. The Morgan fingerprint density at radius 3 is 2.84 bits per heavy atom. The molecule has 0 saturated carbocycles. The van der Waals surface area contributed by atoms with Gasteiger partial charge in [-0.25, -0.2) is 4.79 Å². The molecule has 4 heteroatoms. The van der Waals surface area contributed by atoms with Crippen LogP contribution < -0.4 is 4.74 Å². The molecule has 0 bridgehead atoms. The fourth-order valence-corrected chi connectivity index (χ4v) is 2.09. The number of carboxylic acid groups (broad SMARTS) is 1. The highest BCUT2D eigenvalue weighted by atomic mass is 16.5. The molecule has 1 N–H and O–H groups in total. The van der Waals surface area contributed by atoms with E-state index in [1.807, 2.05) is 25.1 Å². The third-order valence-electron chi connectivity index (χ3n) is 3.10. The van der Waals surface area contributed by atoms with Gasteiger partial charge in [0.1, 0.15) is 11.9 Å². The molecule has 1 aromatic carbocycles. The lowest BCUT2D eigenvalue weighted by Crippen LogP contribution is -2.26. The van der Waals surface area contributed by atoms with Crippen LogP contribution >= 0.6 is 0 Å². The Kier molecular flexibility index (Phi) is 4.58. The van der Waals surface area contributed by atoms with Crippen molar-refractivity contribution in [2.75, 3.05) is 13.2 Å². The van der Waals surface area contributed by atoms with Gasteiger partial charge in [-0.2, -0.15) is 0 Å². The van der Waals surface area contributed by atoms with Crippen LogP contribution in [0.1, 0.15) is 24.0 Å². The Balaban J connectivity index is 2.19. The lowest BCUT2D eigenvalue weighted by molar-refractivity contribution is -0.131. The normalized spacial score (nSPS) is 16.7. The molecule has 0 unspecified atom stereocenters. The minimum Gasteiger partial charge on any atom is -0.489 e. The van der Waals surface area contributed by atoms with E-state index in [0.29, 0.717) is 0 Å². The molecule has 1 aliphatic heterocycles. The van der Waals surface area contributed by atoms with Crippen LogP contribution in [0.15, 0.2) is 24.3 Å². The van der Waals surface area contributed by atoms with E-state index in [-0.39, 0.29) is 6.10 Å². The highest BCUT2D eigenvalue weighted by Gasteiger charge is 2.17. The molecule has 102 valence electrons. The molecule has 19 heavy (non-hydrogen) atoms. The van der Waals surface area contributed by atoms with Crippen molar-refractivity contribution in [2.24, 2.45) is 0 Å². The fourth-order valence-electron chi connectivity index (χ4n) is 2.09. The standard InChI is InChI=1S/C15H18O4/c1-11-3-2-4-12(5-6-14(16)17)15(11)19-13-7-9-18-10-8-13/h2-6,13H,7-10H2,1H3,(H,16,17)/b6-5+. The SMILES string of the molecule is Cc1cccc(/C=C/C(=O)O)c1OC1CCOCC1. The number of aliphatic carboxylic acids is 1. The molecule has 1 aliphatic rings. The number of hydrogen-bond acceptors (Lipinski definition) is 3. The summed E-state index contributed by atoms with van der Waals surface area (Å²) in [6.45, 7) is 3.40. The molecular formula is C15H18O4. The number of para-hydroxylation sites is 1. The van der Waals surface area contributed by atoms with Crippen molar-refractivity contribution in [2.45, 2.75) is 25.9 Å². The van der Waals surface area contributed by atoms with E-state index in [1.54, 1.807) is 6.08 Å². The number of ether oxygens (including phenoxy) is 2. The molecule has 1 saturated heterocycles. The molecule has 0 atom stereocenters. The Morgan fingerprint density at radius 1 is 1.42 bits per heavy atom. The van der Waals surface area contributed by atoms with E-state index in [2.05, 4.69) is 0 Å². The summed E-state index contributed by atoms with van der Waals surface area (Å²) < 4.78 is 11.3. The first-order valence-electron chi connectivity index (χ1n) is 6.42. The Bertz CT molecular complexity index is 473. The topological polar surface area (TPSA) is 55.8 Å². The zero-order valence-corrected chi connectivity index (χ0v) is 11.0. The lowest BCUT2D eigenvalue weighted by Gasteiger charge is -2.25. The van der Waals surface area contributed by atoms with Crippen molar-refractivity contribution < 1.29 is 19.4 Å². The van der Waals surface area contributed by atoms with Crippen LogP contribution in [0, 0.1) is 6.92 Å². The largest absolute Gasteiger partial charge is 0.489 e. The smallest absolute Gasteiger partial charge is 0.328 e. The average Bonchev–Trinajstić information content (AvgIpc) is 2.40. The van der Waals surface area contributed by atoms with Crippen LogP contribution in [-0.4, -0.2) is 30.4 Å². The quantitative estimate of drug-likeness (QED) is 0.847. The number of benzene rings is 1. The van der Waals surface area contributed by atoms with Gasteiger partial charge in [-0.15, -0.1) is 0 Å². The maximum absolute atomic E-state index is 10.6. The maximum Gasteiger partial charge on any atom is 0.328 e. The summed E-state index contributed by atoms with van der Waals surface area (Å²) in [6, 6.07) is 5.72. The van der Waals surface area contributed by atoms with Gasteiger partial charge in [0.25, 0.3) is 0 Å². The number of carbonyl (C=O) groups is 1. The van der Waals surface area contributed by atoms with Crippen LogP contribution in [0.4, 0.5) is 0 Å². The summed E-state index contributed by atoms with van der Waals surface area (Å²) in [5.41, 5.74) is 1.81. The number of rotatable bonds is 4. The first-order chi connectivity index (χ1) is 9.16. The number of hydrogen-bond donors (Lipinski definition) is 1. The van der Waals surface area contributed by atoms with Gasteiger partial charge >= 0.3 is 5.97 Å². The van der Waals surface area contributed by atoms with E-state index < -0.39 is 5.97 Å². The highest BCUT2D eigenvalue weighted by Crippen LogP contribution is 2.27. The molecule has 1 fully saturated rings. The summed E-state index contributed by atoms with van der Waals surface area (Å²) in [7, 11) is 0. The van der Waals surface area contributed by atoms with Gasteiger partial charge in [0.2, 0.25) is 0 Å².